The molecule has 0 spiro atoms. The first kappa shape index (κ1) is 19.5. The monoisotopic (exact) mass is 442 g/mol. The lowest BCUT2D eigenvalue weighted by molar-refractivity contribution is 0.102. The fourth-order valence-electron chi connectivity index (χ4n) is 2.83. The molecule has 0 bridgehead atoms. The second-order valence-corrected chi connectivity index (χ2v) is 7.36. The molecule has 0 unspecified atom stereocenters. The van der Waals surface area contributed by atoms with E-state index in [0.717, 1.165) is 11.3 Å². The first-order valence-electron chi connectivity index (χ1n) is 8.53. The van der Waals surface area contributed by atoms with Gasteiger partial charge < -0.3 is 10.3 Å². The second-order valence-electron chi connectivity index (χ2n) is 6.14. The minimum Gasteiger partial charge on any atom is -0.338 e. The SMILES string of the molecule is O=C(Nc1ccc(Cl)c(-c2ncc(-c3ccccc3)[nH]2)c1)c1c(Cl)cncc1Cl. The zero-order valence-corrected chi connectivity index (χ0v) is 17.1. The lowest BCUT2D eigenvalue weighted by Gasteiger charge is -2.10. The summed E-state index contributed by atoms with van der Waals surface area (Å²) in [6.45, 7) is 0. The summed E-state index contributed by atoms with van der Waals surface area (Å²) in [7, 11) is 0. The standard InChI is InChI=1S/C21H13Cl3N4O/c22-15-7-6-13(27-21(29)19-16(23)9-25-10-17(19)24)8-14(15)20-26-11-18(28-20)12-4-2-1-3-5-12/h1-11H,(H,26,28)(H,27,29). The summed E-state index contributed by atoms with van der Waals surface area (Å²) in [5.74, 6) is 0.144. The molecule has 0 atom stereocenters. The van der Waals surface area contributed by atoms with E-state index in [4.69, 9.17) is 34.8 Å². The van der Waals surface area contributed by atoms with Gasteiger partial charge in [-0.15, -0.1) is 0 Å². The van der Waals surface area contributed by atoms with Gasteiger partial charge in [0.25, 0.3) is 5.91 Å². The third kappa shape index (κ3) is 4.12. The average Bonchev–Trinajstić information content (AvgIpc) is 3.20. The van der Waals surface area contributed by atoms with Gasteiger partial charge in [-0.1, -0.05) is 65.1 Å². The van der Waals surface area contributed by atoms with Gasteiger partial charge in [-0.3, -0.25) is 9.78 Å². The topological polar surface area (TPSA) is 70.7 Å². The highest BCUT2D eigenvalue weighted by Crippen LogP contribution is 2.31. The van der Waals surface area contributed by atoms with Crippen LogP contribution in [0.4, 0.5) is 5.69 Å². The van der Waals surface area contributed by atoms with Crippen LogP contribution in [0.3, 0.4) is 0 Å². The van der Waals surface area contributed by atoms with Crippen molar-refractivity contribution in [1.29, 1.82) is 0 Å². The molecule has 1 amide bonds. The molecule has 4 rings (SSSR count). The Labute approximate surface area is 181 Å². The molecule has 0 fully saturated rings. The summed E-state index contributed by atoms with van der Waals surface area (Å²) in [5, 5.41) is 3.62. The number of hydrogen-bond donors (Lipinski definition) is 2. The maximum atomic E-state index is 12.6. The number of benzene rings is 2. The molecule has 5 nitrogen and oxygen atoms in total. The molecule has 0 aliphatic rings. The van der Waals surface area contributed by atoms with Crippen molar-refractivity contribution in [3.05, 3.63) is 87.8 Å². The lowest BCUT2D eigenvalue weighted by atomic mass is 10.1. The van der Waals surface area contributed by atoms with Crippen LogP contribution in [0.25, 0.3) is 22.6 Å². The Morgan fingerprint density at radius 3 is 2.34 bits per heavy atom. The number of carbonyl (C=O) groups is 1. The molecule has 2 N–H and O–H groups in total. The molecule has 0 aliphatic carbocycles. The molecule has 8 heteroatoms. The van der Waals surface area contributed by atoms with Crippen LogP contribution in [0, 0.1) is 0 Å². The number of anilines is 1. The first-order valence-corrected chi connectivity index (χ1v) is 9.67. The smallest absolute Gasteiger partial charge is 0.258 e. The Kier molecular flexibility index (Phi) is 5.53. The fourth-order valence-corrected chi connectivity index (χ4v) is 3.57. The highest BCUT2D eigenvalue weighted by atomic mass is 35.5. The molecule has 4 aromatic rings. The van der Waals surface area contributed by atoms with Gasteiger partial charge in [0, 0.05) is 23.6 Å². The Morgan fingerprint density at radius 1 is 0.897 bits per heavy atom. The molecule has 2 heterocycles. The quantitative estimate of drug-likeness (QED) is 0.386. The van der Waals surface area contributed by atoms with Gasteiger partial charge in [0.2, 0.25) is 0 Å². The van der Waals surface area contributed by atoms with Crippen LogP contribution in [-0.4, -0.2) is 20.9 Å². The Hall–Kier alpha value is -2.86. The van der Waals surface area contributed by atoms with Crippen molar-refractivity contribution in [2.45, 2.75) is 0 Å². The predicted octanol–water partition coefficient (Wildman–Crippen LogP) is 6.35. The Bertz CT molecular complexity index is 1170. The van der Waals surface area contributed by atoms with Crippen molar-refractivity contribution < 1.29 is 4.79 Å². The summed E-state index contributed by atoms with van der Waals surface area (Å²) >= 11 is 18.5. The van der Waals surface area contributed by atoms with Gasteiger partial charge in [0.05, 0.1) is 32.5 Å². The second kappa shape index (κ2) is 8.25. The first-order chi connectivity index (χ1) is 14.0. The highest BCUT2D eigenvalue weighted by Gasteiger charge is 2.17. The van der Waals surface area contributed by atoms with Gasteiger partial charge in [-0.25, -0.2) is 4.98 Å². The molecule has 144 valence electrons. The number of nitrogens with one attached hydrogen (secondary N) is 2. The average molecular weight is 444 g/mol. The highest BCUT2D eigenvalue weighted by molar-refractivity contribution is 6.40. The van der Waals surface area contributed by atoms with E-state index < -0.39 is 5.91 Å². The minimum absolute atomic E-state index is 0.157. The van der Waals surface area contributed by atoms with E-state index in [9.17, 15) is 4.79 Å². The molecule has 2 aromatic carbocycles. The molecule has 0 aliphatic heterocycles. The number of hydrogen-bond acceptors (Lipinski definition) is 3. The van der Waals surface area contributed by atoms with Gasteiger partial charge in [-0.05, 0) is 23.8 Å². The number of pyridine rings is 1. The third-order valence-corrected chi connectivity index (χ3v) is 5.12. The zero-order valence-electron chi connectivity index (χ0n) is 14.8. The molecule has 0 saturated carbocycles. The van der Waals surface area contributed by atoms with Crippen molar-refractivity contribution in [2.75, 3.05) is 5.32 Å². The van der Waals surface area contributed by atoms with E-state index in [1.165, 1.54) is 12.4 Å². The number of rotatable bonds is 4. The molecule has 29 heavy (non-hydrogen) atoms. The fraction of sp³-hybridized carbons (Fsp3) is 0. The van der Waals surface area contributed by atoms with Gasteiger partial charge >= 0.3 is 0 Å². The summed E-state index contributed by atoms with van der Waals surface area (Å²) in [6, 6.07) is 14.9. The zero-order chi connectivity index (χ0) is 20.4. The normalized spacial score (nSPS) is 10.7. The van der Waals surface area contributed by atoms with Gasteiger partial charge in [0.15, 0.2) is 0 Å². The van der Waals surface area contributed by atoms with Crippen LogP contribution < -0.4 is 5.32 Å². The number of halogens is 3. The Morgan fingerprint density at radius 2 is 1.62 bits per heavy atom. The summed E-state index contributed by atoms with van der Waals surface area (Å²) in [5.41, 5.74) is 3.20. The molecular weight excluding hydrogens is 431 g/mol. The molecular formula is C21H13Cl3N4O. The Balaban J connectivity index is 1.64. The van der Waals surface area contributed by atoms with Crippen molar-refractivity contribution in [2.24, 2.45) is 0 Å². The summed E-state index contributed by atoms with van der Waals surface area (Å²) < 4.78 is 0. The number of amides is 1. The van der Waals surface area contributed by atoms with E-state index in [-0.39, 0.29) is 15.6 Å². The van der Waals surface area contributed by atoms with Crippen molar-refractivity contribution in [3.8, 4) is 22.6 Å². The number of imidazole rings is 1. The van der Waals surface area contributed by atoms with E-state index in [1.54, 1.807) is 24.4 Å². The van der Waals surface area contributed by atoms with E-state index in [2.05, 4.69) is 20.3 Å². The summed E-state index contributed by atoms with van der Waals surface area (Å²) in [4.78, 5) is 24.2. The number of aromatic amines is 1. The van der Waals surface area contributed by atoms with Crippen LogP contribution in [-0.2, 0) is 0 Å². The maximum absolute atomic E-state index is 12.6. The number of aromatic nitrogens is 3. The van der Waals surface area contributed by atoms with Crippen LogP contribution >= 0.6 is 34.8 Å². The van der Waals surface area contributed by atoms with Crippen LogP contribution in [0.2, 0.25) is 15.1 Å². The van der Waals surface area contributed by atoms with Gasteiger partial charge in [0.1, 0.15) is 5.82 Å². The number of nitrogens with zero attached hydrogens (tertiary/aromatic N) is 2. The van der Waals surface area contributed by atoms with Crippen molar-refractivity contribution in [1.82, 2.24) is 15.0 Å². The van der Waals surface area contributed by atoms with Crippen molar-refractivity contribution in [3.63, 3.8) is 0 Å². The van der Waals surface area contributed by atoms with Gasteiger partial charge in [-0.2, -0.15) is 0 Å². The molecule has 0 saturated heterocycles. The lowest BCUT2D eigenvalue weighted by Crippen LogP contribution is -2.13. The van der Waals surface area contributed by atoms with Crippen LogP contribution in [0.15, 0.2) is 67.1 Å². The van der Waals surface area contributed by atoms with E-state index in [1.807, 2.05) is 30.3 Å². The molecule has 0 radical (unpaired) electrons. The number of H-pyrrole nitrogens is 1. The van der Waals surface area contributed by atoms with E-state index >= 15 is 0 Å². The predicted molar refractivity (Wildman–Crippen MR) is 117 cm³/mol. The van der Waals surface area contributed by atoms with Crippen molar-refractivity contribution >= 4 is 46.4 Å². The van der Waals surface area contributed by atoms with E-state index in [0.29, 0.717) is 22.1 Å². The largest absolute Gasteiger partial charge is 0.338 e. The minimum atomic E-state index is -0.444. The van der Waals surface area contributed by atoms with Crippen LogP contribution in [0.1, 0.15) is 10.4 Å². The number of carbonyl (C=O) groups excluding carboxylic acids is 1. The maximum Gasteiger partial charge on any atom is 0.258 e. The molecule has 2 aromatic heterocycles. The third-order valence-electron chi connectivity index (χ3n) is 4.22. The summed E-state index contributed by atoms with van der Waals surface area (Å²) in [6.07, 6.45) is 4.47. The van der Waals surface area contributed by atoms with Crippen LogP contribution in [0.5, 0.6) is 0 Å².